The summed E-state index contributed by atoms with van der Waals surface area (Å²) in [6, 6.07) is 10.4. The molecule has 0 radical (unpaired) electrons. The van der Waals surface area contributed by atoms with Gasteiger partial charge >= 0.3 is 18.2 Å². The molecular formula is C9H9BrMg. The van der Waals surface area contributed by atoms with Crippen LogP contribution in [0.1, 0.15) is 5.56 Å². The molecule has 0 bridgehead atoms. The van der Waals surface area contributed by atoms with Gasteiger partial charge in [-0.2, -0.15) is 0 Å². The van der Waals surface area contributed by atoms with Crippen LogP contribution in [0.4, 0.5) is 0 Å². The molecule has 1 aromatic rings. The first-order valence-electron chi connectivity index (χ1n) is 3.71. The van der Waals surface area contributed by atoms with Crippen molar-refractivity contribution in [1.29, 1.82) is 0 Å². The lowest BCUT2D eigenvalue weighted by molar-refractivity contribution is 1.64. The summed E-state index contributed by atoms with van der Waals surface area (Å²) < 4.78 is 1.23. The Balaban J connectivity index is 2.50. The molecule has 0 atom stereocenters. The van der Waals surface area contributed by atoms with Crippen molar-refractivity contribution in [2.75, 3.05) is 0 Å². The average molecular weight is 221 g/mol. The minimum absolute atomic E-state index is 0.0238. The molecule has 0 heterocycles. The first-order valence-corrected chi connectivity index (χ1v) is 8.61. The van der Waals surface area contributed by atoms with Gasteiger partial charge in [0.15, 0.2) is 0 Å². The highest BCUT2D eigenvalue weighted by atomic mass is 79.9. The van der Waals surface area contributed by atoms with Crippen LogP contribution in [0.2, 0.25) is 4.55 Å². The molecule has 0 N–H and O–H groups in total. The quantitative estimate of drug-likeness (QED) is 0.688. The topological polar surface area (TPSA) is 0 Å². The van der Waals surface area contributed by atoms with Crippen LogP contribution in [0.3, 0.4) is 0 Å². The van der Waals surface area contributed by atoms with Gasteiger partial charge in [0.1, 0.15) is 0 Å². The molecule has 0 fully saturated rings. The van der Waals surface area contributed by atoms with Crippen molar-refractivity contribution in [2.45, 2.75) is 4.55 Å². The SMILES string of the molecule is [Br][Mg][CH2]C=Cc1ccccc1. The van der Waals surface area contributed by atoms with Crippen LogP contribution in [0, 0.1) is 0 Å². The zero-order valence-electron chi connectivity index (χ0n) is 6.33. The maximum Gasteiger partial charge on any atom is 0.472 e. The lowest BCUT2D eigenvalue weighted by atomic mass is 10.2. The van der Waals surface area contributed by atoms with Crippen LogP contribution < -0.4 is 0 Å². The fraction of sp³-hybridized carbons (Fsp3) is 0.111. The number of rotatable bonds is 3. The van der Waals surface area contributed by atoms with E-state index in [-0.39, 0.29) is 18.2 Å². The Hall–Kier alpha value is 0.206. The van der Waals surface area contributed by atoms with E-state index < -0.39 is 0 Å². The van der Waals surface area contributed by atoms with Gasteiger partial charge in [-0.05, 0) is 5.56 Å². The number of halogens is 1. The number of hydrogen-bond donors (Lipinski definition) is 0. The molecule has 0 amide bonds. The average Bonchev–Trinajstić information content (AvgIpc) is 2.07. The van der Waals surface area contributed by atoms with Crippen LogP contribution in [-0.2, 0) is 0 Å². The third-order valence-corrected chi connectivity index (χ3v) is 3.31. The lowest BCUT2D eigenvalue weighted by Gasteiger charge is -1.89. The highest BCUT2D eigenvalue weighted by Crippen LogP contribution is 2.01. The van der Waals surface area contributed by atoms with Crippen LogP contribution in [0.5, 0.6) is 0 Å². The molecule has 0 saturated carbocycles. The summed E-state index contributed by atoms with van der Waals surface area (Å²) in [6.07, 6.45) is 4.41. The summed E-state index contributed by atoms with van der Waals surface area (Å²) in [5, 5.41) is 0. The van der Waals surface area contributed by atoms with E-state index in [1.54, 1.807) is 0 Å². The zero-order valence-corrected chi connectivity index (χ0v) is 9.33. The van der Waals surface area contributed by atoms with Crippen molar-refractivity contribution in [3.63, 3.8) is 0 Å². The van der Waals surface area contributed by atoms with E-state index in [1.165, 1.54) is 10.1 Å². The summed E-state index contributed by atoms with van der Waals surface area (Å²) in [7, 11) is 0. The first-order chi connectivity index (χ1) is 5.43. The van der Waals surface area contributed by atoms with Gasteiger partial charge in [-0.15, -0.1) is 10.6 Å². The molecule has 0 aliphatic carbocycles. The van der Waals surface area contributed by atoms with E-state index in [1.807, 2.05) is 6.07 Å². The number of hydrogen-bond acceptors (Lipinski definition) is 0. The number of benzene rings is 1. The summed E-state index contributed by atoms with van der Waals surface area (Å²) in [6.45, 7) is 0. The molecule has 1 aromatic carbocycles. The molecule has 0 nitrogen and oxygen atoms in total. The monoisotopic (exact) mass is 220 g/mol. The van der Waals surface area contributed by atoms with Gasteiger partial charge < -0.3 is 12.9 Å². The van der Waals surface area contributed by atoms with Gasteiger partial charge in [-0.25, -0.2) is 0 Å². The van der Waals surface area contributed by atoms with E-state index in [0.29, 0.717) is 0 Å². The molecule has 0 saturated heterocycles. The second kappa shape index (κ2) is 5.81. The predicted molar refractivity (Wildman–Crippen MR) is 55.0 cm³/mol. The van der Waals surface area contributed by atoms with Gasteiger partial charge in [0.25, 0.3) is 0 Å². The minimum Gasteiger partial charge on any atom is -0.306 e. The third kappa shape index (κ3) is 3.94. The second-order valence-corrected chi connectivity index (χ2v) is 5.63. The van der Waals surface area contributed by atoms with Crippen LogP contribution in [0.25, 0.3) is 6.08 Å². The Labute approximate surface area is 83.3 Å². The summed E-state index contributed by atoms with van der Waals surface area (Å²) in [5.74, 6) is 0. The maximum absolute atomic E-state index is 3.51. The molecule has 2 heteroatoms. The molecule has 0 aliphatic heterocycles. The fourth-order valence-corrected chi connectivity index (χ4v) is 1.93. The van der Waals surface area contributed by atoms with E-state index in [9.17, 15) is 0 Å². The summed E-state index contributed by atoms with van der Waals surface area (Å²) in [5.41, 5.74) is 1.29. The smallest absolute Gasteiger partial charge is 0.306 e. The normalized spacial score (nSPS) is 9.91. The van der Waals surface area contributed by atoms with Crippen molar-refractivity contribution >= 4 is 37.2 Å². The Bertz CT molecular complexity index is 218. The van der Waals surface area contributed by atoms with E-state index in [2.05, 4.69) is 49.3 Å². The standard InChI is InChI=1S/C9H9.BrH.Mg/c1-2-6-9-7-4-3-5-8-9;;/h2-8H,1H2;1H;/q;;+1/p-1. The van der Waals surface area contributed by atoms with Gasteiger partial charge in [-0.1, -0.05) is 36.4 Å². The van der Waals surface area contributed by atoms with Gasteiger partial charge in [-0.3, -0.25) is 0 Å². The van der Waals surface area contributed by atoms with E-state index in [4.69, 9.17) is 0 Å². The molecular weight excluding hydrogens is 212 g/mol. The zero-order chi connectivity index (χ0) is 7.94. The molecule has 0 aliphatic rings. The van der Waals surface area contributed by atoms with E-state index in [0.717, 1.165) is 0 Å². The Morgan fingerprint density at radius 2 is 2.00 bits per heavy atom. The molecule has 0 aromatic heterocycles. The van der Waals surface area contributed by atoms with Crippen molar-refractivity contribution in [3.05, 3.63) is 42.0 Å². The number of allylic oxidation sites excluding steroid dienone is 1. The molecule has 0 spiro atoms. The van der Waals surface area contributed by atoms with Crippen molar-refractivity contribution < 1.29 is 0 Å². The summed E-state index contributed by atoms with van der Waals surface area (Å²) in [4.78, 5) is 0. The fourth-order valence-electron chi connectivity index (χ4n) is 0.847. The van der Waals surface area contributed by atoms with Crippen LogP contribution >= 0.6 is 12.9 Å². The Morgan fingerprint density at radius 1 is 1.27 bits per heavy atom. The van der Waals surface area contributed by atoms with Crippen LogP contribution in [0.15, 0.2) is 36.4 Å². The van der Waals surface area contributed by atoms with E-state index >= 15 is 0 Å². The minimum atomic E-state index is 0.0238. The summed E-state index contributed by atoms with van der Waals surface area (Å²) >= 11 is 3.53. The maximum atomic E-state index is 3.51. The lowest BCUT2D eigenvalue weighted by Crippen LogP contribution is -1.71. The molecule has 54 valence electrons. The van der Waals surface area contributed by atoms with Gasteiger partial charge in [0.05, 0.1) is 0 Å². The van der Waals surface area contributed by atoms with Crippen molar-refractivity contribution in [2.24, 2.45) is 0 Å². The third-order valence-electron chi connectivity index (χ3n) is 1.39. The Morgan fingerprint density at radius 3 is 2.64 bits per heavy atom. The highest BCUT2D eigenvalue weighted by Gasteiger charge is 1.84. The Kier molecular flexibility index (Phi) is 4.91. The van der Waals surface area contributed by atoms with Crippen LogP contribution in [-0.4, -0.2) is 18.2 Å². The molecule has 0 unspecified atom stereocenters. The van der Waals surface area contributed by atoms with Crippen molar-refractivity contribution in [1.82, 2.24) is 0 Å². The van der Waals surface area contributed by atoms with Gasteiger partial charge in [0, 0.05) is 0 Å². The largest absolute Gasteiger partial charge is 0.472 e. The first kappa shape index (κ1) is 9.30. The van der Waals surface area contributed by atoms with Gasteiger partial charge in [0.2, 0.25) is 0 Å². The second-order valence-electron chi connectivity index (χ2n) is 2.29. The predicted octanol–water partition coefficient (Wildman–Crippen LogP) is 3.13. The molecule has 11 heavy (non-hydrogen) atoms. The molecule has 1 rings (SSSR count). The van der Waals surface area contributed by atoms with Crippen molar-refractivity contribution in [3.8, 4) is 0 Å². The highest BCUT2D eigenvalue weighted by molar-refractivity contribution is 9.23.